The van der Waals surface area contributed by atoms with Gasteiger partial charge in [0.15, 0.2) is 5.69 Å². The summed E-state index contributed by atoms with van der Waals surface area (Å²) in [6, 6.07) is 5.42. The summed E-state index contributed by atoms with van der Waals surface area (Å²) in [4.78, 5) is 11.7. The Morgan fingerprint density at radius 2 is 1.90 bits per heavy atom. The number of aromatic nitrogens is 3. The molecule has 1 N–H and O–H groups in total. The Bertz CT molecular complexity index is 752. The minimum absolute atomic E-state index is 0.111. The highest BCUT2D eigenvalue weighted by molar-refractivity contribution is 7.89. The maximum atomic E-state index is 12.8. The minimum atomic E-state index is -3.68. The average Bonchev–Trinajstić information content (AvgIpc) is 2.70. The van der Waals surface area contributed by atoms with Gasteiger partial charge in [0, 0.05) is 0 Å². The predicted octanol–water partition coefficient (Wildman–Crippen LogP) is 0.404. The van der Waals surface area contributed by atoms with Crippen molar-refractivity contribution in [3.8, 4) is 5.69 Å². The van der Waals surface area contributed by atoms with E-state index < -0.39 is 21.7 Å². The molecular weight excluding hydrogens is 287 g/mol. The third-order valence-electron chi connectivity index (χ3n) is 2.46. The van der Waals surface area contributed by atoms with Crippen LogP contribution in [0, 0.1) is 12.7 Å². The second kappa shape index (κ2) is 5.00. The summed E-state index contributed by atoms with van der Waals surface area (Å²) in [6.07, 6.45) is 0.866. The van der Waals surface area contributed by atoms with Gasteiger partial charge in [-0.1, -0.05) is 5.21 Å². The van der Waals surface area contributed by atoms with E-state index in [2.05, 4.69) is 10.3 Å². The lowest BCUT2D eigenvalue weighted by molar-refractivity contribution is 0.0976. The van der Waals surface area contributed by atoms with Crippen LogP contribution in [0.15, 0.2) is 24.3 Å². The van der Waals surface area contributed by atoms with Gasteiger partial charge in [0.1, 0.15) is 5.82 Å². The number of benzene rings is 1. The molecule has 1 amide bonds. The molecule has 106 valence electrons. The first kappa shape index (κ1) is 14.1. The second-order valence-corrected chi connectivity index (χ2v) is 5.86. The van der Waals surface area contributed by atoms with Crippen LogP contribution < -0.4 is 4.72 Å². The fourth-order valence-corrected chi connectivity index (χ4v) is 2.02. The molecule has 0 atom stereocenters. The number of hydrogen-bond donors (Lipinski definition) is 1. The van der Waals surface area contributed by atoms with Gasteiger partial charge >= 0.3 is 0 Å². The molecule has 0 aliphatic heterocycles. The summed E-state index contributed by atoms with van der Waals surface area (Å²) in [5.41, 5.74) is 0.743. The SMILES string of the molecule is Cc1c(C(=O)NS(C)(=O)=O)nnn1-c1ccc(F)cc1. The maximum absolute atomic E-state index is 12.8. The van der Waals surface area contributed by atoms with E-state index in [4.69, 9.17) is 0 Å². The number of amides is 1. The number of carbonyl (C=O) groups is 1. The Labute approximate surface area is 114 Å². The normalized spacial score (nSPS) is 11.3. The van der Waals surface area contributed by atoms with Crippen molar-refractivity contribution in [2.75, 3.05) is 6.26 Å². The molecule has 0 unspecified atom stereocenters. The summed E-state index contributed by atoms with van der Waals surface area (Å²) < 4.78 is 38.0. The highest BCUT2D eigenvalue weighted by Gasteiger charge is 2.19. The van der Waals surface area contributed by atoms with Crippen molar-refractivity contribution >= 4 is 15.9 Å². The standard InChI is InChI=1S/C11H11FN4O3S/c1-7-10(11(17)14-20(2,18)19)13-15-16(7)9-5-3-8(12)4-6-9/h3-6H,1-2H3,(H,14,17). The van der Waals surface area contributed by atoms with Crippen molar-refractivity contribution in [2.45, 2.75) is 6.92 Å². The van der Waals surface area contributed by atoms with Crippen LogP contribution in [0.25, 0.3) is 5.69 Å². The van der Waals surface area contributed by atoms with Crippen LogP contribution in [0.4, 0.5) is 4.39 Å². The van der Waals surface area contributed by atoms with Crippen molar-refractivity contribution in [3.63, 3.8) is 0 Å². The van der Waals surface area contributed by atoms with Gasteiger partial charge in [-0.25, -0.2) is 22.2 Å². The zero-order valence-corrected chi connectivity index (χ0v) is 11.5. The number of hydrogen-bond acceptors (Lipinski definition) is 5. The zero-order valence-electron chi connectivity index (χ0n) is 10.7. The monoisotopic (exact) mass is 298 g/mol. The van der Waals surface area contributed by atoms with E-state index in [9.17, 15) is 17.6 Å². The minimum Gasteiger partial charge on any atom is -0.266 e. The van der Waals surface area contributed by atoms with Gasteiger partial charge in [-0.15, -0.1) is 5.10 Å². The highest BCUT2D eigenvalue weighted by Crippen LogP contribution is 2.12. The molecule has 0 spiro atoms. The molecule has 7 nitrogen and oxygen atoms in total. The average molecular weight is 298 g/mol. The van der Waals surface area contributed by atoms with Crippen LogP contribution in [-0.4, -0.2) is 35.6 Å². The van der Waals surface area contributed by atoms with E-state index in [1.165, 1.54) is 28.9 Å². The molecule has 0 saturated carbocycles. The van der Waals surface area contributed by atoms with Crippen LogP contribution >= 0.6 is 0 Å². The lowest BCUT2D eigenvalue weighted by atomic mass is 10.3. The third kappa shape index (κ3) is 2.99. The molecular formula is C11H11FN4O3S. The van der Waals surface area contributed by atoms with E-state index in [1.54, 1.807) is 6.92 Å². The van der Waals surface area contributed by atoms with Gasteiger partial charge < -0.3 is 0 Å². The third-order valence-corrected chi connectivity index (χ3v) is 3.02. The first-order valence-electron chi connectivity index (χ1n) is 5.48. The Balaban J connectivity index is 2.36. The van der Waals surface area contributed by atoms with Gasteiger partial charge in [0.25, 0.3) is 5.91 Å². The van der Waals surface area contributed by atoms with E-state index in [0.717, 1.165) is 6.26 Å². The topological polar surface area (TPSA) is 93.9 Å². The van der Waals surface area contributed by atoms with Crippen LogP contribution in [0.3, 0.4) is 0 Å². The van der Waals surface area contributed by atoms with Crippen molar-refractivity contribution in [1.29, 1.82) is 0 Å². The summed E-state index contributed by atoms with van der Waals surface area (Å²) in [7, 11) is -3.68. The molecule has 20 heavy (non-hydrogen) atoms. The van der Waals surface area contributed by atoms with Crippen molar-refractivity contribution in [3.05, 3.63) is 41.5 Å². The Morgan fingerprint density at radius 3 is 2.45 bits per heavy atom. The molecule has 1 heterocycles. The predicted molar refractivity (Wildman–Crippen MR) is 68.4 cm³/mol. The van der Waals surface area contributed by atoms with Crippen LogP contribution in [0.5, 0.6) is 0 Å². The zero-order chi connectivity index (χ0) is 14.9. The Morgan fingerprint density at radius 1 is 1.30 bits per heavy atom. The Kier molecular flexibility index (Phi) is 3.53. The summed E-state index contributed by atoms with van der Waals surface area (Å²) in [5.74, 6) is -1.26. The first-order valence-corrected chi connectivity index (χ1v) is 7.37. The fourth-order valence-electron chi connectivity index (χ4n) is 1.58. The number of halogens is 1. The Hall–Kier alpha value is -2.29. The molecule has 9 heteroatoms. The van der Waals surface area contributed by atoms with Gasteiger partial charge in [-0.05, 0) is 31.2 Å². The smallest absolute Gasteiger partial charge is 0.266 e. The largest absolute Gasteiger partial charge is 0.287 e. The maximum Gasteiger partial charge on any atom is 0.287 e. The molecule has 0 aliphatic carbocycles. The van der Waals surface area contributed by atoms with Gasteiger partial charge in [0.05, 0.1) is 17.6 Å². The molecule has 1 aromatic carbocycles. The van der Waals surface area contributed by atoms with E-state index in [1.807, 2.05) is 4.72 Å². The lowest BCUT2D eigenvalue weighted by Gasteiger charge is -2.03. The molecule has 1 aromatic heterocycles. The number of rotatable bonds is 3. The van der Waals surface area contributed by atoms with Crippen molar-refractivity contribution in [2.24, 2.45) is 0 Å². The number of nitrogens with one attached hydrogen (secondary N) is 1. The summed E-state index contributed by atoms with van der Waals surface area (Å²) in [6.45, 7) is 1.56. The molecule has 0 saturated heterocycles. The molecule has 0 bridgehead atoms. The number of nitrogens with zero attached hydrogens (tertiary/aromatic N) is 3. The second-order valence-electron chi connectivity index (χ2n) is 4.12. The highest BCUT2D eigenvalue weighted by atomic mass is 32.2. The van der Waals surface area contributed by atoms with Gasteiger partial charge in [-0.3, -0.25) is 4.79 Å². The number of sulfonamides is 1. The van der Waals surface area contributed by atoms with Crippen molar-refractivity contribution < 1.29 is 17.6 Å². The van der Waals surface area contributed by atoms with Crippen LogP contribution in [0.1, 0.15) is 16.2 Å². The van der Waals surface area contributed by atoms with Gasteiger partial charge in [-0.2, -0.15) is 0 Å². The molecule has 0 fully saturated rings. The molecule has 2 aromatic rings. The quantitative estimate of drug-likeness (QED) is 0.885. The molecule has 2 rings (SSSR count). The van der Waals surface area contributed by atoms with E-state index in [0.29, 0.717) is 11.4 Å². The molecule has 0 aliphatic rings. The van der Waals surface area contributed by atoms with Crippen LogP contribution in [-0.2, 0) is 10.0 Å². The number of carbonyl (C=O) groups excluding carboxylic acids is 1. The summed E-state index contributed by atoms with van der Waals surface area (Å²) in [5, 5.41) is 7.40. The first-order chi connectivity index (χ1) is 9.28. The lowest BCUT2D eigenvalue weighted by Crippen LogP contribution is -2.30. The van der Waals surface area contributed by atoms with Crippen molar-refractivity contribution in [1.82, 2.24) is 19.7 Å². The fraction of sp³-hybridized carbons (Fsp3) is 0.182. The van der Waals surface area contributed by atoms with E-state index >= 15 is 0 Å². The van der Waals surface area contributed by atoms with E-state index in [-0.39, 0.29) is 5.69 Å². The van der Waals surface area contributed by atoms with Gasteiger partial charge in [0.2, 0.25) is 10.0 Å². The molecule has 0 radical (unpaired) electrons. The van der Waals surface area contributed by atoms with Crippen LogP contribution in [0.2, 0.25) is 0 Å². The summed E-state index contributed by atoms with van der Waals surface area (Å²) >= 11 is 0.